The summed E-state index contributed by atoms with van der Waals surface area (Å²) in [6, 6.07) is 0. The highest BCUT2D eigenvalue weighted by Crippen LogP contribution is 2.32. The summed E-state index contributed by atoms with van der Waals surface area (Å²) in [5, 5.41) is 16.5. The maximum atomic E-state index is 12.8. The van der Waals surface area contributed by atoms with Crippen LogP contribution in [0.2, 0.25) is 0 Å². The smallest absolute Gasteiger partial charge is 0.313 e. The van der Waals surface area contributed by atoms with E-state index in [4.69, 9.17) is 10.2 Å². The van der Waals surface area contributed by atoms with Crippen LogP contribution in [0.5, 0.6) is 0 Å². The van der Waals surface area contributed by atoms with Gasteiger partial charge < -0.3 is 10.2 Å². The van der Waals surface area contributed by atoms with Gasteiger partial charge in [-0.2, -0.15) is 0 Å². The summed E-state index contributed by atoms with van der Waals surface area (Å²) in [6.45, 7) is 0.484. The Labute approximate surface area is 77.3 Å². The molecule has 82 valence electrons. The zero-order valence-corrected chi connectivity index (χ0v) is 7.21. The molecule has 14 heavy (non-hydrogen) atoms. The predicted octanol–water partition coefficient (Wildman–Crippen LogP) is 1.16. The Morgan fingerprint density at radius 2 is 1.79 bits per heavy atom. The molecule has 4 nitrogen and oxygen atoms in total. The van der Waals surface area contributed by atoms with Gasteiger partial charge >= 0.3 is 11.9 Å². The van der Waals surface area contributed by atoms with Crippen LogP contribution in [0.25, 0.3) is 0 Å². The maximum absolute atomic E-state index is 12.8. The van der Waals surface area contributed by atoms with Crippen LogP contribution in [0.15, 0.2) is 0 Å². The van der Waals surface area contributed by atoms with Crippen LogP contribution in [0, 0.1) is 5.92 Å². The Bertz CT molecular complexity index is 239. The van der Waals surface area contributed by atoms with Crippen molar-refractivity contribution in [1.29, 1.82) is 0 Å². The van der Waals surface area contributed by atoms with E-state index in [9.17, 15) is 22.8 Å². The first-order chi connectivity index (χ1) is 6.19. The Hall–Kier alpha value is -1.27. The third-order valence-electron chi connectivity index (χ3n) is 1.67. The van der Waals surface area contributed by atoms with Gasteiger partial charge in [0.1, 0.15) is 5.92 Å². The second kappa shape index (κ2) is 4.30. The van der Waals surface area contributed by atoms with Crippen LogP contribution in [0.4, 0.5) is 13.2 Å². The highest BCUT2D eigenvalue weighted by Gasteiger charge is 2.50. The molecule has 0 aliphatic heterocycles. The number of carboxylic acids is 2. The molecule has 7 heteroatoms. The molecule has 0 saturated heterocycles. The minimum Gasteiger partial charge on any atom is -0.481 e. The zero-order valence-electron chi connectivity index (χ0n) is 7.21. The van der Waals surface area contributed by atoms with Gasteiger partial charge in [-0.15, -0.1) is 0 Å². The first kappa shape index (κ1) is 12.7. The van der Waals surface area contributed by atoms with Gasteiger partial charge in [-0.3, -0.25) is 9.59 Å². The normalized spacial score (nSPS) is 16.0. The molecule has 0 radical (unpaired) electrons. The Morgan fingerprint density at radius 3 is 2.00 bits per heavy atom. The van der Waals surface area contributed by atoms with Crippen molar-refractivity contribution >= 4 is 11.9 Å². The van der Waals surface area contributed by atoms with E-state index in [2.05, 4.69) is 0 Å². The van der Waals surface area contributed by atoms with Crippen LogP contribution in [0.1, 0.15) is 13.3 Å². The van der Waals surface area contributed by atoms with E-state index in [1.807, 2.05) is 0 Å². The fourth-order valence-electron chi connectivity index (χ4n) is 0.840. The van der Waals surface area contributed by atoms with E-state index in [0.717, 1.165) is 0 Å². The highest BCUT2D eigenvalue weighted by atomic mass is 19.3. The van der Waals surface area contributed by atoms with Gasteiger partial charge in [0.05, 0.1) is 6.42 Å². The molecule has 0 aromatic carbocycles. The van der Waals surface area contributed by atoms with Gasteiger partial charge in [0.2, 0.25) is 0 Å². The van der Waals surface area contributed by atoms with Crippen molar-refractivity contribution in [1.82, 2.24) is 0 Å². The van der Waals surface area contributed by atoms with E-state index >= 15 is 0 Å². The summed E-state index contributed by atoms with van der Waals surface area (Å²) >= 11 is 0. The molecular formula is C7H9F3O4. The second-order valence-corrected chi connectivity index (χ2v) is 2.78. The molecule has 0 heterocycles. The largest absolute Gasteiger partial charge is 0.481 e. The Morgan fingerprint density at radius 1 is 1.36 bits per heavy atom. The number of carboxylic acid groups (broad SMARTS) is 2. The van der Waals surface area contributed by atoms with Crippen molar-refractivity contribution in [3.8, 4) is 0 Å². The summed E-state index contributed by atoms with van der Waals surface area (Å²) in [6.07, 6.45) is -4.01. The van der Waals surface area contributed by atoms with Gasteiger partial charge in [-0.25, -0.2) is 13.2 Å². The first-order valence-electron chi connectivity index (χ1n) is 3.66. The molecule has 0 aliphatic rings. The fraction of sp³-hybridized carbons (Fsp3) is 0.714. The maximum Gasteiger partial charge on any atom is 0.313 e. The van der Waals surface area contributed by atoms with Crippen LogP contribution in [-0.2, 0) is 9.59 Å². The third kappa shape index (κ3) is 2.90. The number of halogens is 3. The molecule has 2 unspecified atom stereocenters. The van der Waals surface area contributed by atoms with Crippen molar-refractivity contribution in [2.75, 3.05) is 0 Å². The highest BCUT2D eigenvalue weighted by molar-refractivity contribution is 5.78. The van der Waals surface area contributed by atoms with E-state index in [1.54, 1.807) is 0 Å². The van der Waals surface area contributed by atoms with E-state index in [0.29, 0.717) is 6.92 Å². The summed E-state index contributed by atoms with van der Waals surface area (Å²) in [7, 11) is 0. The van der Waals surface area contributed by atoms with E-state index in [1.165, 1.54) is 0 Å². The number of carbonyl (C=O) groups is 2. The average molecular weight is 214 g/mol. The van der Waals surface area contributed by atoms with Crippen LogP contribution in [-0.4, -0.2) is 34.2 Å². The van der Waals surface area contributed by atoms with Crippen LogP contribution < -0.4 is 0 Å². The van der Waals surface area contributed by atoms with Gasteiger partial charge in [-0.05, 0) is 6.92 Å². The molecule has 2 N–H and O–H groups in total. The fourth-order valence-corrected chi connectivity index (χ4v) is 0.840. The van der Waals surface area contributed by atoms with Crippen molar-refractivity contribution in [2.24, 2.45) is 5.92 Å². The topological polar surface area (TPSA) is 74.6 Å². The lowest BCUT2D eigenvalue weighted by atomic mass is 9.95. The minimum absolute atomic E-state index is 0.484. The van der Waals surface area contributed by atoms with Crippen molar-refractivity contribution in [3.63, 3.8) is 0 Å². The molecule has 0 saturated carbocycles. The molecule has 0 aromatic heterocycles. The Balaban J connectivity index is 4.81. The van der Waals surface area contributed by atoms with E-state index in [-0.39, 0.29) is 0 Å². The number of rotatable bonds is 5. The monoisotopic (exact) mass is 214 g/mol. The van der Waals surface area contributed by atoms with Gasteiger partial charge in [0, 0.05) is 0 Å². The number of hydrogen-bond acceptors (Lipinski definition) is 2. The zero-order chi connectivity index (χ0) is 11.5. The molecule has 0 rings (SSSR count). The van der Waals surface area contributed by atoms with E-state index < -0.39 is 36.4 Å². The summed E-state index contributed by atoms with van der Waals surface area (Å²) in [5.74, 6) is -10.5. The van der Waals surface area contributed by atoms with Crippen molar-refractivity contribution < 1.29 is 33.0 Å². The van der Waals surface area contributed by atoms with Crippen molar-refractivity contribution in [2.45, 2.75) is 25.4 Å². The lowest BCUT2D eigenvalue weighted by Gasteiger charge is -2.23. The lowest BCUT2D eigenvalue weighted by molar-refractivity contribution is -0.172. The molecule has 0 aliphatic carbocycles. The van der Waals surface area contributed by atoms with Crippen molar-refractivity contribution in [3.05, 3.63) is 0 Å². The summed E-state index contributed by atoms with van der Waals surface area (Å²) < 4.78 is 37.9. The van der Waals surface area contributed by atoms with Crippen LogP contribution in [0.3, 0.4) is 0 Å². The van der Waals surface area contributed by atoms with Crippen LogP contribution >= 0.6 is 0 Å². The summed E-state index contributed by atoms with van der Waals surface area (Å²) in [5.41, 5.74) is 0. The summed E-state index contributed by atoms with van der Waals surface area (Å²) in [4.78, 5) is 20.3. The number of alkyl halides is 3. The SMILES string of the molecule is CC(F)C(F)(F)C(CC(=O)O)C(=O)O. The quantitative estimate of drug-likeness (QED) is 0.719. The molecule has 0 spiro atoms. The standard InChI is InChI=1S/C7H9F3O4/c1-3(8)7(9,10)4(6(13)14)2-5(11)12/h3-4H,2H2,1H3,(H,11,12)(H,13,14). The predicted molar refractivity (Wildman–Crippen MR) is 38.9 cm³/mol. The van der Waals surface area contributed by atoms with Gasteiger partial charge in [-0.1, -0.05) is 0 Å². The second-order valence-electron chi connectivity index (χ2n) is 2.78. The van der Waals surface area contributed by atoms with Gasteiger partial charge in [0.25, 0.3) is 5.92 Å². The minimum atomic E-state index is -4.18. The number of hydrogen-bond donors (Lipinski definition) is 2. The molecule has 2 atom stereocenters. The lowest BCUT2D eigenvalue weighted by Crippen LogP contribution is -2.42. The molecule has 0 aromatic rings. The van der Waals surface area contributed by atoms with Gasteiger partial charge in [0.15, 0.2) is 6.17 Å². The first-order valence-corrected chi connectivity index (χ1v) is 3.66. The number of aliphatic carboxylic acids is 2. The molecular weight excluding hydrogens is 205 g/mol. The molecule has 0 fully saturated rings. The molecule has 0 amide bonds. The third-order valence-corrected chi connectivity index (χ3v) is 1.67. The average Bonchev–Trinajstić information content (AvgIpc) is 1.98. The Kier molecular flexibility index (Phi) is 3.91. The molecule has 0 bridgehead atoms.